The zero-order chi connectivity index (χ0) is 14.8. The molecule has 0 bridgehead atoms. The molecule has 0 aliphatic heterocycles. The lowest BCUT2D eigenvalue weighted by atomic mass is 9.85. The van der Waals surface area contributed by atoms with Gasteiger partial charge < -0.3 is 10.3 Å². The molecule has 0 aliphatic rings. The zero-order valence-corrected chi connectivity index (χ0v) is 12.8. The van der Waals surface area contributed by atoms with Gasteiger partial charge in [-0.2, -0.15) is 4.98 Å². The van der Waals surface area contributed by atoms with Crippen LogP contribution in [0, 0.1) is 5.41 Å². The van der Waals surface area contributed by atoms with E-state index in [1.54, 1.807) is 0 Å². The van der Waals surface area contributed by atoms with Crippen molar-refractivity contribution in [3.63, 3.8) is 0 Å². The van der Waals surface area contributed by atoms with Gasteiger partial charge in [0.1, 0.15) is 0 Å². The van der Waals surface area contributed by atoms with E-state index < -0.39 is 0 Å². The van der Waals surface area contributed by atoms with E-state index in [1.165, 1.54) is 0 Å². The highest BCUT2D eigenvalue weighted by Crippen LogP contribution is 2.21. The third-order valence-corrected chi connectivity index (χ3v) is 3.69. The Labute approximate surface area is 124 Å². The first-order valence-electron chi connectivity index (χ1n) is 6.66. The predicted molar refractivity (Wildman–Crippen MR) is 79.7 cm³/mol. The standard InChI is InChI=1S/C15H20ClN3O/c1-15(2,3)12(17)9-14-18-13(19-20-14)8-10-6-4-5-7-11(10)16/h4-7,12H,8-9,17H2,1-3H3. The van der Waals surface area contributed by atoms with Gasteiger partial charge in [0.25, 0.3) is 0 Å². The van der Waals surface area contributed by atoms with Crippen molar-refractivity contribution >= 4 is 11.6 Å². The van der Waals surface area contributed by atoms with Crippen molar-refractivity contribution in [3.05, 3.63) is 46.6 Å². The minimum absolute atomic E-state index is 0.0113. The van der Waals surface area contributed by atoms with Crippen molar-refractivity contribution in [2.75, 3.05) is 0 Å². The monoisotopic (exact) mass is 293 g/mol. The number of benzene rings is 1. The van der Waals surface area contributed by atoms with Gasteiger partial charge in [0.2, 0.25) is 5.89 Å². The molecule has 0 fully saturated rings. The molecular formula is C15H20ClN3O. The first-order chi connectivity index (χ1) is 9.36. The van der Waals surface area contributed by atoms with Crippen molar-refractivity contribution < 1.29 is 4.52 Å². The quantitative estimate of drug-likeness (QED) is 0.940. The van der Waals surface area contributed by atoms with E-state index in [0.29, 0.717) is 29.6 Å². The topological polar surface area (TPSA) is 64.9 Å². The van der Waals surface area contributed by atoms with Crippen molar-refractivity contribution in [3.8, 4) is 0 Å². The molecule has 1 aromatic heterocycles. The SMILES string of the molecule is CC(C)(C)C(N)Cc1nc(Cc2ccccc2Cl)no1. The van der Waals surface area contributed by atoms with Gasteiger partial charge in [-0.3, -0.25) is 0 Å². The summed E-state index contributed by atoms with van der Waals surface area (Å²) in [4.78, 5) is 4.38. The van der Waals surface area contributed by atoms with E-state index in [-0.39, 0.29) is 11.5 Å². The Morgan fingerprint density at radius 3 is 2.65 bits per heavy atom. The average Bonchev–Trinajstić information content (AvgIpc) is 2.78. The van der Waals surface area contributed by atoms with Crippen molar-refractivity contribution in [1.82, 2.24) is 10.1 Å². The fourth-order valence-corrected chi connectivity index (χ4v) is 1.95. The lowest BCUT2D eigenvalue weighted by Crippen LogP contribution is -2.37. The van der Waals surface area contributed by atoms with Crippen molar-refractivity contribution in [2.45, 2.75) is 39.7 Å². The number of hydrogen-bond donors (Lipinski definition) is 1. The van der Waals surface area contributed by atoms with Crippen LogP contribution in [0.4, 0.5) is 0 Å². The van der Waals surface area contributed by atoms with Crippen LogP contribution in [-0.2, 0) is 12.8 Å². The fraction of sp³-hybridized carbons (Fsp3) is 0.467. The van der Waals surface area contributed by atoms with Crippen LogP contribution in [0.5, 0.6) is 0 Å². The Morgan fingerprint density at radius 1 is 1.30 bits per heavy atom. The summed E-state index contributed by atoms with van der Waals surface area (Å²) < 4.78 is 5.26. The van der Waals surface area contributed by atoms with E-state index in [2.05, 4.69) is 30.9 Å². The summed E-state index contributed by atoms with van der Waals surface area (Å²) in [6.45, 7) is 6.29. The summed E-state index contributed by atoms with van der Waals surface area (Å²) in [6, 6.07) is 7.64. The van der Waals surface area contributed by atoms with Gasteiger partial charge in [-0.25, -0.2) is 0 Å². The zero-order valence-electron chi connectivity index (χ0n) is 12.1. The number of nitrogens with zero attached hydrogens (tertiary/aromatic N) is 2. The molecular weight excluding hydrogens is 274 g/mol. The average molecular weight is 294 g/mol. The lowest BCUT2D eigenvalue weighted by Gasteiger charge is -2.25. The third-order valence-electron chi connectivity index (χ3n) is 3.32. The first kappa shape index (κ1) is 15.0. The fourth-order valence-electron chi connectivity index (χ4n) is 1.75. The molecule has 0 radical (unpaired) electrons. The van der Waals surface area contributed by atoms with Gasteiger partial charge in [-0.15, -0.1) is 0 Å². The normalized spacial score (nSPS) is 13.4. The van der Waals surface area contributed by atoms with E-state index in [0.717, 1.165) is 5.56 Å². The second-order valence-electron chi connectivity index (χ2n) is 6.05. The summed E-state index contributed by atoms with van der Waals surface area (Å²) in [6.07, 6.45) is 1.15. The molecule has 0 spiro atoms. The number of aromatic nitrogens is 2. The maximum Gasteiger partial charge on any atom is 0.228 e. The van der Waals surface area contributed by atoms with Crippen LogP contribution in [0.1, 0.15) is 38.0 Å². The molecule has 2 rings (SSSR count). The molecule has 1 heterocycles. The number of nitrogens with two attached hydrogens (primary N) is 1. The molecule has 2 aromatic rings. The van der Waals surface area contributed by atoms with Gasteiger partial charge >= 0.3 is 0 Å². The molecule has 1 atom stereocenters. The number of hydrogen-bond acceptors (Lipinski definition) is 4. The molecule has 108 valence electrons. The molecule has 2 N–H and O–H groups in total. The number of rotatable bonds is 4. The maximum absolute atomic E-state index is 6.12. The Balaban J connectivity index is 2.05. The molecule has 0 saturated heterocycles. The van der Waals surface area contributed by atoms with Gasteiger partial charge in [0.15, 0.2) is 5.82 Å². The summed E-state index contributed by atoms with van der Waals surface area (Å²) in [7, 11) is 0. The minimum atomic E-state index is -0.0175. The molecule has 0 amide bonds. The van der Waals surface area contributed by atoms with Crippen LogP contribution in [0.15, 0.2) is 28.8 Å². The molecule has 5 heteroatoms. The lowest BCUT2D eigenvalue weighted by molar-refractivity contribution is 0.285. The smallest absolute Gasteiger partial charge is 0.228 e. The summed E-state index contributed by atoms with van der Waals surface area (Å²) >= 11 is 6.12. The molecule has 0 saturated carbocycles. The van der Waals surface area contributed by atoms with E-state index in [9.17, 15) is 0 Å². The largest absolute Gasteiger partial charge is 0.339 e. The third kappa shape index (κ3) is 3.81. The predicted octanol–water partition coefficient (Wildman–Crippen LogP) is 3.23. The Kier molecular flexibility index (Phi) is 4.45. The Bertz CT molecular complexity index is 574. The van der Waals surface area contributed by atoms with E-state index in [4.69, 9.17) is 21.9 Å². The molecule has 0 aliphatic carbocycles. The Hall–Kier alpha value is -1.39. The summed E-state index contributed by atoms with van der Waals surface area (Å²) in [5.41, 5.74) is 7.12. The minimum Gasteiger partial charge on any atom is -0.339 e. The molecule has 4 nitrogen and oxygen atoms in total. The second-order valence-corrected chi connectivity index (χ2v) is 6.46. The number of halogens is 1. The highest BCUT2D eigenvalue weighted by atomic mass is 35.5. The van der Waals surface area contributed by atoms with Gasteiger partial charge in [0, 0.05) is 23.9 Å². The molecule has 1 unspecified atom stereocenters. The molecule has 20 heavy (non-hydrogen) atoms. The first-order valence-corrected chi connectivity index (χ1v) is 7.04. The second kappa shape index (κ2) is 5.94. The highest BCUT2D eigenvalue weighted by molar-refractivity contribution is 6.31. The van der Waals surface area contributed by atoms with E-state index >= 15 is 0 Å². The van der Waals surface area contributed by atoms with Crippen molar-refractivity contribution in [2.24, 2.45) is 11.1 Å². The van der Waals surface area contributed by atoms with Crippen LogP contribution in [-0.4, -0.2) is 16.2 Å². The maximum atomic E-state index is 6.12. The molecule has 1 aromatic carbocycles. The Morgan fingerprint density at radius 2 is 2.00 bits per heavy atom. The van der Waals surface area contributed by atoms with Gasteiger partial charge in [-0.05, 0) is 17.0 Å². The van der Waals surface area contributed by atoms with Crippen molar-refractivity contribution in [1.29, 1.82) is 0 Å². The highest BCUT2D eigenvalue weighted by Gasteiger charge is 2.23. The summed E-state index contributed by atoms with van der Waals surface area (Å²) in [5, 5.41) is 4.70. The van der Waals surface area contributed by atoms with E-state index in [1.807, 2.05) is 24.3 Å². The summed E-state index contributed by atoms with van der Waals surface area (Å²) in [5.74, 6) is 1.21. The van der Waals surface area contributed by atoms with Crippen LogP contribution in [0.2, 0.25) is 5.02 Å². The van der Waals surface area contributed by atoms with Crippen LogP contribution in [0.3, 0.4) is 0 Å². The van der Waals surface area contributed by atoms with Crippen LogP contribution < -0.4 is 5.73 Å². The van der Waals surface area contributed by atoms with Crippen LogP contribution in [0.25, 0.3) is 0 Å². The van der Waals surface area contributed by atoms with Gasteiger partial charge in [-0.1, -0.05) is 55.7 Å². The van der Waals surface area contributed by atoms with Gasteiger partial charge in [0.05, 0.1) is 0 Å². The van der Waals surface area contributed by atoms with Crippen LogP contribution >= 0.6 is 11.6 Å².